The number of nitrogens with one attached hydrogen (secondary N) is 2. The molecule has 27 heavy (non-hydrogen) atoms. The monoisotopic (exact) mass is 378 g/mol. The summed E-state index contributed by atoms with van der Waals surface area (Å²) in [5.74, 6) is 5.94. The van der Waals surface area contributed by atoms with Crippen LogP contribution in [0.2, 0.25) is 0 Å². The van der Waals surface area contributed by atoms with E-state index in [2.05, 4.69) is 22.5 Å². The highest BCUT2D eigenvalue weighted by Crippen LogP contribution is 2.31. The molecule has 0 bridgehead atoms. The van der Waals surface area contributed by atoms with E-state index in [0.717, 1.165) is 12.1 Å². The lowest BCUT2D eigenvalue weighted by molar-refractivity contribution is -0.137. The Kier molecular flexibility index (Phi) is 6.94. The first-order valence-corrected chi connectivity index (χ1v) is 7.83. The zero-order chi connectivity index (χ0) is 19.7. The van der Waals surface area contributed by atoms with Crippen LogP contribution in [0.25, 0.3) is 0 Å². The minimum atomic E-state index is -4.43. The summed E-state index contributed by atoms with van der Waals surface area (Å²) in [6.45, 7) is -0.0394. The number of hydrogen-bond donors (Lipinski definition) is 2. The molecule has 5 nitrogen and oxygen atoms in total. The number of benzene rings is 2. The van der Waals surface area contributed by atoms with E-state index in [4.69, 9.17) is 9.47 Å². The molecule has 0 aliphatic carbocycles. The van der Waals surface area contributed by atoms with Gasteiger partial charge in [0.1, 0.15) is 18.1 Å². The Morgan fingerprint density at radius 2 is 1.81 bits per heavy atom. The highest BCUT2D eigenvalue weighted by atomic mass is 19.4. The van der Waals surface area contributed by atoms with Crippen molar-refractivity contribution in [3.05, 3.63) is 54.1 Å². The van der Waals surface area contributed by atoms with Crippen molar-refractivity contribution in [1.29, 1.82) is 0 Å². The molecule has 0 heterocycles. The van der Waals surface area contributed by atoms with Gasteiger partial charge in [-0.05, 0) is 30.3 Å². The van der Waals surface area contributed by atoms with Crippen molar-refractivity contribution in [2.24, 2.45) is 0 Å². The molecule has 0 aliphatic heterocycles. The van der Waals surface area contributed by atoms with Crippen molar-refractivity contribution in [3.8, 4) is 23.3 Å². The van der Waals surface area contributed by atoms with Gasteiger partial charge < -0.3 is 20.1 Å². The number of rotatable bonds is 5. The number of carbonyl (C=O) groups excluding carboxylic acids is 1. The summed E-state index contributed by atoms with van der Waals surface area (Å²) < 4.78 is 48.0. The molecule has 142 valence electrons. The van der Waals surface area contributed by atoms with Crippen LogP contribution in [0.5, 0.6) is 11.5 Å². The maximum atomic E-state index is 12.6. The van der Waals surface area contributed by atoms with Crippen molar-refractivity contribution < 1.29 is 27.4 Å². The van der Waals surface area contributed by atoms with Crippen LogP contribution in [0.15, 0.2) is 48.5 Å². The molecule has 2 rings (SSSR count). The van der Waals surface area contributed by atoms with Gasteiger partial charge in [-0.15, -0.1) is 0 Å². The molecule has 2 amide bonds. The van der Waals surface area contributed by atoms with Gasteiger partial charge in [-0.25, -0.2) is 4.79 Å². The topological polar surface area (TPSA) is 59.6 Å². The molecule has 2 aromatic carbocycles. The van der Waals surface area contributed by atoms with Crippen molar-refractivity contribution in [2.45, 2.75) is 6.18 Å². The Morgan fingerprint density at radius 3 is 2.56 bits per heavy atom. The van der Waals surface area contributed by atoms with E-state index in [9.17, 15) is 18.0 Å². The Bertz CT molecular complexity index is 842. The normalized spacial score (nSPS) is 10.4. The van der Waals surface area contributed by atoms with Crippen LogP contribution >= 0.6 is 0 Å². The van der Waals surface area contributed by atoms with Gasteiger partial charge in [0.15, 0.2) is 0 Å². The SMILES string of the molecule is COc1cccc(NC(=O)NCC#CCOc2cccc(C(F)(F)F)c2)c1. The third-order valence-corrected chi connectivity index (χ3v) is 3.26. The molecule has 0 fully saturated rings. The summed E-state index contributed by atoms with van der Waals surface area (Å²) in [5, 5.41) is 5.15. The third-order valence-electron chi connectivity index (χ3n) is 3.26. The Labute approximate surface area is 154 Å². The average molecular weight is 378 g/mol. The summed E-state index contributed by atoms with van der Waals surface area (Å²) in [6, 6.07) is 10.9. The van der Waals surface area contributed by atoms with Crippen LogP contribution in [0, 0.1) is 11.8 Å². The number of amides is 2. The zero-order valence-electron chi connectivity index (χ0n) is 14.4. The lowest BCUT2D eigenvalue weighted by Gasteiger charge is -2.08. The number of hydrogen-bond acceptors (Lipinski definition) is 3. The third kappa shape index (κ3) is 6.82. The summed E-state index contributed by atoms with van der Waals surface area (Å²) in [7, 11) is 1.52. The fourth-order valence-corrected chi connectivity index (χ4v) is 2.00. The van der Waals surface area contributed by atoms with E-state index in [0.29, 0.717) is 11.4 Å². The summed E-state index contributed by atoms with van der Waals surface area (Å²) in [6.07, 6.45) is -4.43. The van der Waals surface area contributed by atoms with Crippen molar-refractivity contribution in [1.82, 2.24) is 5.32 Å². The molecular weight excluding hydrogens is 361 g/mol. The number of carbonyl (C=O) groups is 1. The highest BCUT2D eigenvalue weighted by Gasteiger charge is 2.30. The van der Waals surface area contributed by atoms with Crippen molar-refractivity contribution >= 4 is 11.7 Å². The van der Waals surface area contributed by atoms with E-state index in [1.807, 2.05) is 0 Å². The van der Waals surface area contributed by atoms with Gasteiger partial charge in [-0.2, -0.15) is 13.2 Å². The first-order chi connectivity index (χ1) is 12.9. The fraction of sp³-hybridized carbons (Fsp3) is 0.211. The molecule has 0 aliphatic rings. The minimum Gasteiger partial charge on any atom is -0.497 e. The highest BCUT2D eigenvalue weighted by molar-refractivity contribution is 5.89. The standard InChI is InChI=1S/C19H17F3N2O3/c1-26-16-8-5-7-15(13-16)24-18(25)23-10-2-3-11-27-17-9-4-6-14(12-17)19(20,21)22/h4-9,12-13H,10-11H2,1H3,(H2,23,24,25). The lowest BCUT2D eigenvalue weighted by Crippen LogP contribution is -2.28. The molecule has 0 unspecified atom stereocenters. The van der Waals surface area contributed by atoms with Crippen LogP contribution in [0.1, 0.15) is 5.56 Å². The number of anilines is 1. The second kappa shape index (κ2) is 9.38. The maximum absolute atomic E-state index is 12.6. The van der Waals surface area contributed by atoms with Crippen LogP contribution in [-0.2, 0) is 6.18 Å². The number of methoxy groups -OCH3 is 1. The van der Waals surface area contributed by atoms with Gasteiger partial charge in [0.2, 0.25) is 0 Å². The summed E-state index contributed by atoms with van der Waals surface area (Å²) >= 11 is 0. The fourth-order valence-electron chi connectivity index (χ4n) is 2.00. The first-order valence-electron chi connectivity index (χ1n) is 7.83. The summed E-state index contributed by atoms with van der Waals surface area (Å²) in [5.41, 5.74) is -0.225. The van der Waals surface area contributed by atoms with E-state index >= 15 is 0 Å². The summed E-state index contributed by atoms with van der Waals surface area (Å²) in [4.78, 5) is 11.7. The Morgan fingerprint density at radius 1 is 1.07 bits per heavy atom. The zero-order valence-corrected chi connectivity index (χ0v) is 14.4. The Hall–Kier alpha value is -3.34. The lowest BCUT2D eigenvalue weighted by atomic mass is 10.2. The molecule has 8 heteroatoms. The maximum Gasteiger partial charge on any atom is 0.416 e. The van der Waals surface area contributed by atoms with E-state index in [-0.39, 0.29) is 18.9 Å². The molecule has 0 saturated heterocycles. The van der Waals surface area contributed by atoms with Crippen LogP contribution in [0.4, 0.5) is 23.7 Å². The van der Waals surface area contributed by atoms with Gasteiger partial charge in [0.25, 0.3) is 0 Å². The largest absolute Gasteiger partial charge is 0.497 e. The van der Waals surface area contributed by atoms with Crippen LogP contribution in [0.3, 0.4) is 0 Å². The first kappa shape index (κ1) is 20.0. The predicted octanol–water partition coefficient (Wildman–Crippen LogP) is 3.92. The predicted molar refractivity (Wildman–Crippen MR) is 94.7 cm³/mol. The van der Waals surface area contributed by atoms with E-state index < -0.39 is 17.8 Å². The van der Waals surface area contributed by atoms with Gasteiger partial charge in [-0.1, -0.05) is 24.0 Å². The smallest absolute Gasteiger partial charge is 0.416 e. The van der Waals surface area contributed by atoms with Gasteiger partial charge in [0, 0.05) is 11.8 Å². The Balaban J connectivity index is 1.74. The molecule has 2 N–H and O–H groups in total. The molecule has 0 spiro atoms. The number of urea groups is 1. The van der Waals surface area contributed by atoms with E-state index in [1.54, 1.807) is 24.3 Å². The number of halogens is 3. The molecule has 0 radical (unpaired) electrons. The average Bonchev–Trinajstić information content (AvgIpc) is 2.64. The molecule has 0 atom stereocenters. The van der Waals surface area contributed by atoms with Crippen LogP contribution < -0.4 is 20.1 Å². The second-order valence-electron chi connectivity index (χ2n) is 5.21. The number of ether oxygens (including phenoxy) is 2. The molecule has 0 saturated carbocycles. The molecule has 0 aromatic heterocycles. The van der Waals surface area contributed by atoms with Crippen molar-refractivity contribution in [3.63, 3.8) is 0 Å². The molecular formula is C19H17F3N2O3. The second-order valence-corrected chi connectivity index (χ2v) is 5.21. The van der Waals surface area contributed by atoms with Gasteiger partial charge in [-0.3, -0.25) is 0 Å². The van der Waals surface area contributed by atoms with Crippen molar-refractivity contribution in [2.75, 3.05) is 25.6 Å². The van der Waals surface area contributed by atoms with Gasteiger partial charge >= 0.3 is 12.2 Å². The van der Waals surface area contributed by atoms with Gasteiger partial charge in [0.05, 0.1) is 19.2 Å². The quantitative estimate of drug-likeness (QED) is 0.776. The minimum absolute atomic E-state index is 0.0573. The van der Waals surface area contributed by atoms with E-state index in [1.165, 1.54) is 19.2 Å². The number of alkyl halides is 3. The van der Waals surface area contributed by atoms with Crippen LogP contribution in [-0.4, -0.2) is 26.3 Å². The molecule has 2 aromatic rings.